The summed E-state index contributed by atoms with van der Waals surface area (Å²) in [4.78, 5) is 0. The number of hydrogen-bond acceptors (Lipinski definition) is 4. The lowest BCUT2D eigenvalue weighted by Gasteiger charge is -2.33. The number of nitrogens with zero attached hydrogens (tertiary/aromatic N) is 3. The van der Waals surface area contributed by atoms with Crippen molar-refractivity contribution in [2.45, 2.75) is 38.8 Å². The third-order valence-electron chi connectivity index (χ3n) is 3.71. The van der Waals surface area contributed by atoms with E-state index in [0.29, 0.717) is 13.1 Å². The molecule has 1 aromatic heterocycles. The molecule has 1 unspecified atom stereocenters. The Hall–Kier alpha value is -0.960. The van der Waals surface area contributed by atoms with Crippen LogP contribution in [-0.4, -0.2) is 41.6 Å². The van der Waals surface area contributed by atoms with Gasteiger partial charge in [-0.3, -0.25) is 4.68 Å². The van der Waals surface area contributed by atoms with Gasteiger partial charge in [0.05, 0.1) is 5.69 Å². The first-order valence-corrected chi connectivity index (χ1v) is 8.33. The molecular formula is C12H23N5O2S. The molecule has 0 spiro atoms. The summed E-state index contributed by atoms with van der Waals surface area (Å²) in [5, 5.41) is 4.20. The average Bonchev–Trinajstić information content (AvgIpc) is 2.75. The number of nitrogens with two attached hydrogens (primary N) is 1. The maximum absolute atomic E-state index is 12.4. The van der Waals surface area contributed by atoms with Gasteiger partial charge < -0.3 is 5.73 Å². The van der Waals surface area contributed by atoms with E-state index in [1.807, 2.05) is 20.2 Å². The zero-order chi connectivity index (χ0) is 14.8. The number of rotatable bonds is 5. The lowest BCUT2D eigenvalue weighted by Crippen LogP contribution is -2.51. The molecule has 7 nitrogen and oxygen atoms in total. The normalized spacial score (nSPS) is 21.2. The van der Waals surface area contributed by atoms with Gasteiger partial charge in [-0.1, -0.05) is 6.42 Å². The Morgan fingerprint density at radius 3 is 2.85 bits per heavy atom. The molecule has 0 aliphatic carbocycles. The van der Waals surface area contributed by atoms with Crippen LogP contribution in [0.15, 0.2) is 6.20 Å². The fourth-order valence-corrected chi connectivity index (χ4v) is 4.06. The highest BCUT2D eigenvalue weighted by atomic mass is 32.2. The van der Waals surface area contributed by atoms with Gasteiger partial charge in [0, 0.05) is 44.5 Å². The van der Waals surface area contributed by atoms with E-state index in [1.165, 1.54) is 4.31 Å². The highest BCUT2D eigenvalue weighted by molar-refractivity contribution is 7.87. The number of hydrogen-bond donors (Lipinski definition) is 2. The third-order valence-corrected chi connectivity index (χ3v) is 5.32. The van der Waals surface area contributed by atoms with E-state index in [-0.39, 0.29) is 12.6 Å². The maximum Gasteiger partial charge on any atom is 0.280 e. The van der Waals surface area contributed by atoms with Crippen molar-refractivity contribution in [1.82, 2.24) is 18.8 Å². The molecule has 1 saturated heterocycles. The largest absolute Gasteiger partial charge is 0.329 e. The van der Waals surface area contributed by atoms with E-state index in [2.05, 4.69) is 9.82 Å². The Labute approximate surface area is 120 Å². The molecule has 2 rings (SSSR count). The lowest BCUT2D eigenvalue weighted by molar-refractivity contribution is 0.254. The predicted molar refractivity (Wildman–Crippen MR) is 77.1 cm³/mol. The molecule has 114 valence electrons. The zero-order valence-corrected chi connectivity index (χ0v) is 12.9. The van der Waals surface area contributed by atoms with Crippen LogP contribution in [0.3, 0.4) is 0 Å². The van der Waals surface area contributed by atoms with Crippen LogP contribution >= 0.6 is 0 Å². The van der Waals surface area contributed by atoms with Crippen molar-refractivity contribution in [2.75, 3.05) is 13.1 Å². The van der Waals surface area contributed by atoms with E-state index in [4.69, 9.17) is 5.73 Å². The zero-order valence-electron chi connectivity index (χ0n) is 12.0. The van der Waals surface area contributed by atoms with E-state index in [0.717, 1.165) is 30.5 Å². The molecular weight excluding hydrogens is 278 g/mol. The van der Waals surface area contributed by atoms with Crippen molar-refractivity contribution in [1.29, 1.82) is 0 Å². The molecule has 2 heterocycles. The lowest BCUT2D eigenvalue weighted by atomic mass is 10.1. The van der Waals surface area contributed by atoms with Crippen molar-refractivity contribution < 1.29 is 8.42 Å². The number of piperidine rings is 1. The van der Waals surface area contributed by atoms with E-state index < -0.39 is 10.2 Å². The summed E-state index contributed by atoms with van der Waals surface area (Å²) in [6.07, 6.45) is 4.59. The Morgan fingerprint density at radius 2 is 2.25 bits per heavy atom. The summed E-state index contributed by atoms with van der Waals surface area (Å²) in [5.74, 6) is 0. The highest BCUT2D eigenvalue weighted by Gasteiger charge is 2.31. The van der Waals surface area contributed by atoms with Crippen LogP contribution in [0.2, 0.25) is 0 Å². The van der Waals surface area contributed by atoms with Crippen molar-refractivity contribution in [3.63, 3.8) is 0 Å². The molecule has 3 N–H and O–H groups in total. The summed E-state index contributed by atoms with van der Waals surface area (Å²) < 4.78 is 30.6. The number of aromatic nitrogens is 2. The number of aryl methyl sites for hydroxylation is 2. The Balaban J connectivity index is 2.05. The summed E-state index contributed by atoms with van der Waals surface area (Å²) >= 11 is 0. The van der Waals surface area contributed by atoms with Crippen LogP contribution in [0.25, 0.3) is 0 Å². The maximum atomic E-state index is 12.4. The first kappa shape index (κ1) is 15.4. The molecule has 1 aliphatic heterocycles. The van der Waals surface area contributed by atoms with Crippen LogP contribution in [-0.2, 0) is 23.8 Å². The van der Waals surface area contributed by atoms with Gasteiger partial charge in [0.25, 0.3) is 10.2 Å². The molecule has 20 heavy (non-hydrogen) atoms. The minimum absolute atomic E-state index is 0.0868. The summed E-state index contributed by atoms with van der Waals surface area (Å²) in [6, 6.07) is -0.0868. The second-order valence-corrected chi connectivity index (χ2v) is 6.94. The van der Waals surface area contributed by atoms with Crippen molar-refractivity contribution in [2.24, 2.45) is 12.8 Å². The first-order chi connectivity index (χ1) is 9.44. The van der Waals surface area contributed by atoms with Crippen LogP contribution in [0.1, 0.15) is 30.5 Å². The van der Waals surface area contributed by atoms with Crippen LogP contribution in [0.5, 0.6) is 0 Å². The first-order valence-electron chi connectivity index (χ1n) is 6.89. The van der Waals surface area contributed by atoms with E-state index in [1.54, 1.807) is 4.68 Å². The summed E-state index contributed by atoms with van der Waals surface area (Å²) in [6.45, 7) is 3.04. The fourth-order valence-electron chi connectivity index (χ4n) is 2.60. The van der Waals surface area contributed by atoms with Crippen molar-refractivity contribution in [3.05, 3.63) is 17.5 Å². The third kappa shape index (κ3) is 3.38. The van der Waals surface area contributed by atoms with Gasteiger partial charge in [-0.15, -0.1) is 0 Å². The quantitative estimate of drug-likeness (QED) is 0.792. The van der Waals surface area contributed by atoms with Crippen LogP contribution in [0, 0.1) is 6.92 Å². The topological polar surface area (TPSA) is 93.2 Å². The molecule has 0 radical (unpaired) electrons. The van der Waals surface area contributed by atoms with Crippen LogP contribution < -0.4 is 10.5 Å². The van der Waals surface area contributed by atoms with Gasteiger partial charge in [0.2, 0.25) is 0 Å². The molecule has 0 saturated carbocycles. The van der Waals surface area contributed by atoms with Gasteiger partial charge in [-0.05, 0) is 19.8 Å². The SMILES string of the molecule is Cc1nn(C)cc1CNS(=O)(=O)N1CCCCC1CN. The molecule has 1 atom stereocenters. The highest BCUT2D eigenvalue weighted by Crippen LogP contribution is 2.19. The second kappa shape index (κ2) is 6.21. The van der Waals surface area contributed by atoms with Gasteiger partial charge in [-0.25, -0.2) is 0 Å². The van der Waals surface area contributed by atoms with Crippen LogP contribution in [0.4, 0.5) is 0 Å². The van der Waals surface area contributed by atoms with Gasteiger partial charge >= 0.3 is 0 Å². The van der Waals surface area contributed by atoms with Gasteiger partial charge in [-0.2, -0.15) is 22.5 Å². The predicted octanol–water partition coefficient (Wildman–Crippen LogP) is -0.124. The van der Waals surface area contributed by atoms with Crippen molar-refractivity contribution >= 4 is 10.2 Å². The molecule has 0 bridgehead atoms. The summed E-state index contributed by atoms with van der Waals surface area (Å²) in [5.41, 5.74) is 7.40. The molecule has 0 aromatic carbocycles. The second-order valence-electron chi connectivity index (χ2n) is 5.24. The molecule has 8 heteroatoms. The molecule has 1 fully saturated rings. The van der Waals surface area contributed by atoms with E-state index in [9.17, 15) is 8.42 Å². The van der Waals surface area contributed by atoms with E-state index >= 15 is 0 Å². The fraction of sp³-hybridized carbons (Fsp3) is 0.750. The molecule has 1 aliphatic rings. The Morgan fingerprint density at radius 1 is 1.50 bits per heavy atom. The molecule has 0 amide bonds. The van der Waals surface area contributed by atoms with Gasteiger partial charge in [0.15, 0.2) is 0 Å². The average molecular weight is 301 g/mol. The number of nitrogens with one attached hydrogen (secondary N) is 1. The van der Waals surface area contributed by atoms with Crippen molar-refractivity contribution in [3.8, 4) is 0 Å². The molecule has 1 aromatic rings. The Bertz CT molecular complexity index is 554. The Kier molecular flexibility index (Phi) is 4.79. The van der Waals surface area contributed by atoms with Gasteiger partial charge in [0.1, 0.15) is 0 Å². The minimum Gasteiger partial charge on any atom is -0.329 e. The smallest absolute Gasteiger partial charge is 0.280 e. The minimum atomic E-state index is -3.48. The standard InChI is InChI=1S/C12H23N5O2S/c1-10-11(9-16(2)15-10)8-14-20(18,19)17-6-4-3-5-12(17)7-13/h9,12,14H,3-8,13H2,1-2H3. The summed E-state index contributed by atoms with van der Waals surface area (Å²) in [7, 11) is -1.66. The monoisotopic (exact) mass is 301 g/mol.